The first kappa shape index (κ1) is 21.1. The van der Waals surface area contributed by atoms with Gasteiger partial charge in [-0.05, 0) is 30.7 Å². The molecule has 1 aromatic heterocycles. The van der Waals surface area contributed by atoms with Crippen LogP contribution < -0.4 is 19.7 Å². The number of hydrogen-bond acceptors (Lipinski definition) is 6. The van der Waals surface area contributed by atoms with Crippen LogP contribution in [0.5, 0.6) is 5.75 Å². The lowest BCUT2D eigenvalue weighted by atomic mass is 10.2. The SMILES string of the molecule is CCCNC(=O)C1CN(S(=O)(=O)c2ccc(CNC(C)=O)s2)c2ccccc2O1. The van der Waals surface area contributed by atoms with Crippen LogP contribution in [0.25, 0.3) is 0 Å². The lowest BCUT2D eigenvalue weighted by Gasteiger charge is -2.34. The van der Waals surface area contributed by atoms with Gasteiger partial charge in [-0.25, -0.2) is 8.42 Å². The van der Waals surface area contributed by atoms with Crippen molar-refractivity contribution in [3.05, 3.63) is 41.3 Å². The van der Waals surface area contributed by atoms with Crippen molar-refractivity contribution in [1.29, 1.82) is 0 Å². The smallest absolute Gasteiger partial charge is 0.274 e. The highest BCUT2D eigenvalue weighted by molar-refractivity contribution is 7.94. The van der Waals surface area contributed by atoms with E-state index in [1.807, 2.05) is 6.92 Å². The molecule has 1 unspecified atom stereocenters. The van der Waals surface area contributed by atoms with Crippen LogP contribution in [0.3, 0.4) is 0 Å². The van der Waals surface area contributed by atoms with Crippen molar-refractivity contribution < 1.29 is 22.7 Å². The molecular weight excluding hydrogens is 414 g/mol. The van der Waals surface area contributed by atoms with Gasteiger partial charge < -0.3 is 15.4 Å². The Labute approximate surface area is 173 Å². The summed E-state index contributed by atoms with van der Waals surface area (Å²) in [6.45, 7) is 3.97. The number of rotatable bonds is 7. The molecular formula is C19H23N3O5S2. The van der Waals surface area contributed by atoms with Crippen LogP contribution in [-0.4, -0.2) is 39.4 Å². The fourth-order valence-corrected chi connectivity index (χ4v) is 5.73. The summed E-state index contributed by atoms with van der Waals surface area (Å²) < 4.78 is 33.8. The van der Waals surface area contributed by atoms with Crippen LogP contribution in [0, 0.1) is 0 Å². The Balaban J connectivity index is 1.90. The van der Waals surface area contributed by atoms with Crippen LogP contribution in [0.2, 0.25) is 0 Å². The summed E-state index contributed by atoms with van der Waals surface area (Å²) in [6, 6.07) is 9.94. The Hall–Kier alpha value is -2.59. The monoisotopic (exact) mass is 437 g/mol. The maximum atomic E-state index is 13.3. The van der Waals surface area contributed by atoms with Gasteiger partial charge in [0.1, 0.15) is 9.96 Å². The zero-order valence-electron chi connectivity index (χ0n) is 16.2. The standard InChI is InChI=1S/C19H23N3O5S2/c1-3-10-20-19(24)17-12-22(15-6-4-5-7-16(15)27-17)29(25,26)18-9-8-14(28-18)11-21-13(2)23/h4-9,17H,3,10-12H2,1-2H3,(H,20,24)(H,21,23). The molecule has 2 aromatic rings. The van der Waals surface area contributed by atoms with E-state index in [0.29, 0.717) is 18.0 Å². The summed E-state index contributed by atoms with van der Waals surface area (Å²) in [6.07, 6.45) is -0.173. The average Bonchev–Trinajstić information content (AvgIpc) is 3.19. The van der Waals surface area contributed by atoms with E-state index in [2.05, 4.69) is 10.6 Å². The predicted octanol–water partition coefficient (Wildman–Crippen LogP) is 1.87. The fourth-order valence-electron chi connectivity index (χ4n) is 2.84. The quantitative estimate of drug-likeness (QED) is 0.688. The third kappa shape index (κ3) is 4.70. The number of fused-ring (bicyclic) bond motifs is 1. The molecule has 1 aromatic carbocycles. The third-order valence-corrected chi connectivity index (χ3v) is 7.60. The first-order chi connectivity index (χ1) is 13.8. The van der Waals surface area contributed by atoms with Gasteiger partial charge in [-0.1, -0.05) is 19.1 Å². The molecule has 1 aliphatic rings. The van der Waals surface area contributed by atoms with E-state index < -0.39 is 16.1 Å². The average molecular weight is 438 g/mol. The van der Waals surface area contributed by atoms with Gasteiger partial charge in [-0.2, -0.15) is 0 Å². The molecule has 1 aliphatic heterocycles. The molecule has 0 bridgehead atoms. The molecule has 0 aliphatic carbocycles. The number of thiophene rings is 1. The maximum absolute atomic E-state index is 13.3. The number of nitrogens with zero attached hydrogens (tertiary/aromatic N) is 1. The molecule has 0 fully saturated rings. The zero-order valence-corrected chi connectivity index (χ0v) is 17.8. The molecule has 3 rings (SSSR count). The largest absolute Gasteiger partial charge is 0.476 e. The molecule has 10 heteroatoms. The molecule has 1 atom stereocenters. The topological polar surface area (TPSA) is 105 Å². The van der Waals surface area contributed by atoms with Crippen molar-refractivity contribution in [2.24, 2.45) is 0 Å². The van der Waals surface area contributed by atoms with Crippen LogP contribution >= 0.6 is 11.3 Å². The van der Waals surface area contributed by atoms with Crippen molar-refractivity contribution >= 4 is 38.9 Å². The van der Waals surface area contributed by atoms with Crippen molar-refractivity contribution in [3.8, 4) is 5.75 Å². The summed E-state index contributed by atoms with van der Waals surface area (Å²) in [7, 11) is -3.90. The molecule has 0 radical (unpaired) electrons. The number of hydrogen-bond donors (Lipinski definition) is 2. The number of amides is 2. The van der Waals surface area contributed by atoms with E-state index in [1.165, 1.54) is 17.3 Å². The molecule has 2 heterocycles. The highest BCUT2D eigenvalue weighted by Crippen LogP contribution is 2.38. The number of anilines is 1. The highest BCUT2D eigenvalue weighted by atomic mass is 32.2. The lowest BCUT2D eigenvalue weighted by Crippen LogP contribution is -2.50. The summed E-state index contributed by atoms with van der Waals surface area (Å²) in [5.74, 6) is -0.195. The molecule has 0 saturated carbocycles. The maximum Gasteiger partial charge on any atom is 0.274 e. The van der Waals surface area contributed by atoms with E-state index >= 15 is 0 Å². The lowest BCUT2D eigenvalue weighted by molar-refractivity contribution is -0.127. The Morgan fingerprint density at radius 1 is 1.21 bits per heavy atom. The second kappa shape index (κ2) is 8.83. The molecule has 29 heavy (non-hydrogen) atoms. The minimum absolute atomic E-state index is 0.117. The minimum atomic E-state index is -3.90. The third-order valence-electron chi connectivity index (χ3n) is 4.27. The van der Waals surface area contributed by atoms with Gasteiger partial charge in [0.05, 0.1) is 18.8 Å². The Bertz CT molecular complexity index is 1000. The van der Waals surface area contributed by atoms with E-state index in [1.54, 1.807) is 30.3 Å². The van der Waals surface area contributed by atoms with Gasteiger partial charge in [0.15, 0.2) is 6.10 Å². The highest BCUT2D eigenvalue weighted by Gasteiger charge is 2.37. The van der Waals surface area contributed by atoms with Gasteiger partial charge in [-0.3, -0.25) is 13.9 Å². The predicted molar refractivity (Wildman–Crippen MR) is 111 cm³/mol. The van der Waals surface area contributed by atoms with E-state index in [-0.39, 0.29) is 29.1 Å². The van der Waals surface area contributed by atoms with Gasteiger partial charge in [-0.15, -0.1) is 11.3 Å². The molecule has 8 nitrogen and oxygen atoms in total. The second-order valence-electron chi connectivity index (χ2n) is 6.53. The number of benzene rings is 1. The Kier molecular flexibility index (Phi) is 6.43. The number of carbonyl (C=O) groups excluding carboxylic acids is 2. The van der Waals surface area contributed by atoms with Gasteiger partial charge in [0.2, 0.25) is 5.91 Å². The zero-order chi connectivity index (χ0) is 21.0. The molecule has 2 amide bonds. The van der Waals surface area contributed by atoms with Crippen LogP contribution in [0.15, 0.2) is 40.6 Å². The van der Waals surface area contributed by atoms with E-state index in [9.17, 15) is 18.0 Å². The number of para-hydroxylation sites is 2. The molecule has 0 saturated heterocycles. The van der Waals surface area contributed by atoms with E-state index in [4.69, 9.17) is 4.74 Å². The first-order valence-corrected chi connectivity index (χ1v) is 11.5. The van der Waals surface area contributed by atoms with Crippen LogP contribution in [0.4, 0.5) is 5.69 Å². The summed E-state index contributed by atoms with van der Waals surface area (Å²) in [4.78, 5) is 24.2. The van der Waals surface area contributed by atoms with Crippen molar-refractivity contribution in [3.63, 3.8) is 0 Å². The molecule has 0 spiro atoms. The van der Waals surface area contributed by atoms with Crippen molar-refractivity contribution in [2.45, 2.75) is 37.1 Å². The van der Waals surface area contributed by atoms with Gasteiger partial charge in [0, 0.05) is 18.3 Å². The number of nitrogens with one attached hydrogen (secondary N) is 2. The minimum Gasteiger partial charge on any atom is -0.476 e. The number of ether oxygens (including phenoxy) is 1. The number of sulfonamides is 1. The van der Waals surface area contributed by atoms with Gasteiger partial charge >= 0.3 is 0 Å². The van der Waals surface area contributed by atoms with Gasteiger partial charge in [0.25, 0.3) is 15.9 Å². The number of carbonyl (C=O) groups is 2. The molecule has 156 valence electrons. The summed E-state index contributed by atoms with van der Waals surface area (Å²) in [5, 5.41) is 5.41. The van der Waals surface area contributed by atoms with Crippen LogP contribution in [-0.2, 0) is 26.2 Å². The first-order valence-electron chi connectivity index (χ1n) is 9.22. The van der Waals surface area contributed by atoms with Crippen LogP contribution in [0.1, 0.15) is 25.1 Å². The summed E-state index contributed by atoms with van der Waals surface area (Å²) >= 11 is 1.09. The second-order valence-corrected chi connectivity index (χ2v) is 9.79. The van der Waals surface area contributed by atoms with Crippen molar-refractivity contribution in [2.75, 3.05) is 17.4 Å². The van der Waals surface area contributed by atoms with Crippen molar-refractivity contribution in [1.82, 2.24) is 10.6 Å². The van der Waals surface area contributed by atoms with E-state index in [0.717, 1.165) is 22.6 Å². The Morgan fingerprint density at radius 2 is 1.97 bits per heavy atom. The normalized spacial score (nSPS) is 15.9. The fraction of sp³-hybridized carbons (Fsp3) is 0.368. The molecule has 2 N–H and O–H groups in total. The Morgan fingerprint density at radius 3 is 2.69 bits per heavy atom. The summed E-state index contributed by atoms with van der Waals surface area (Å²) in [5.41, 5.74) is 0.392.